The van der Waals surface area contributed by atoms with Gasteiger partial charge in [-0.1, -0.05) is 54.6 Å². The number of benzene rings is 4. The lowest BCUT2D eigenvalue weighted by Crippen LogP contribution is -2.32. The Bertz CT molecular complexity index is 1490. The summed E-state index contributed by atoms with van der Waals surface area (Å²) in [7, 11) is -1.01. The lowest BCUT2D eigenvalue weighted by molar-refractivity contribution is -0.121. The quantitative estimate of drug-likeness (QED) is 0.0834. The first kappa shape index (κ1) is 28.7. The molecule has 2 amide bonds. The molecule has 4 aromatic carbocycles. The lowest BCUT2D eigenvalue weighted by atomic mass is 9.79. The highest BCUT2D eigenvalue weighted by Crippen LogP contribution is 2.33. The molecular weight excluding hydrogens is 517 g/mol. The average molecular weight is 553 g/mol. The van der Waals surface area contributed by atoms with Gasteiger partial charge in [-0.05, 0) is 55.8 Å². The zero-order chi connectivity index (χ0) is 28.6. The van der Waals surface area contributed by atoms with E-state index in [1.54, 1.807) is 18.2 Å². The highest BCUT2D eigenvalue weighted by molar-refractivity contribution is 6.61. The molecule has 0 saturated carbocycles. The van der Waals surface area contributed by atoms with E-state index in [9.17, 15) is 14.6 Å². The van der Waals surface area contributed by atoms with Crippen molar-refractivity contribution >= 4 is 45.9 Å². The summed E-state index contributed by atoms with van der Waals surface area (Å²) in [5.74, 6) is -0.442. The highest BCUT2D eigenvalue weighted by Gasteiger charge is 2.28. The smallest absolute Gasteiger partial charge is 0.423 e. The summed E-state index contributed by atoms with van der Waals surface area (Å²) < 4.78 is 5.19. The van der Waals surface area contributed by atoms with Crippen LogP contribution in [0.4, 0.5) is 0 Å². The van der Waals surface area contributed by atoms with Gasteiger partial charge in [-0.3, -0.25) is 9.59 Å². The van der Waals surface area contributed by atoms with Gasteiger partial charge in [0.25, 0.3) is 5.91 Å². The molecule has 41 heavy (non-hydrogen) atoms. The van der Waals surface area contributed by atoms with Gasteiger partial charge in [0.1, 0.15) is 0 Å². The van der Waals surface area contributed by atoms with Crippen molar-refractivity contribution in [3.8, 4) is 0 Å². The molecule has 0 atom stereocenters. The molecule has 0 aliphatic carbocycles. The summed E-state index contributed by atoms with van der Waals surface area (Å²) in [6.07, 6.45) is 0.151. The molecule has 4 aromatic rings. The van der Waals surface area contributed by atoms with Crippen molar-refractivity contribution < 1.29 is 19.3 Å². The van der Waals surface area contributed by atoms with Crippen LogP contribution in [0.2, 0.25) is 0 Å². The Kier molecular flexibility index (Phi) is 9.61. The van der Waals surface area contributed by atoms with Crippen molar-refractivity contribution in [2.24, 2.45) is 5.73 Å². The second kappa shape index (κ2) is 13.7. The molecular formula is C31H36BN5O4. The van der Waals surface area contributed by atoms with Gasteiger partial charge < -0.3 is 36.7 Å². The van der Waals surface area contributed by atoms with E-state index in [0.29, 0.717) is 30.7 Å². The number of fused-ring (bicyclic) bond motifs is 3. The number of nitrogens with two attached hydrogens (primary N) is 1. The van der Waals surface area contributed by atoms with Gasteiger partial charge >= 0.3 is 7.12 Å². The summed E-state index contributed by atoms with van der Waals surface area (Å²) in [4.78, 5) is 25.4. The Balaban J connectivity index is 1.22. The Morgan fingerprint density at radius 3 is 2.10 bits per heavy atom. The monoisotopic (exact) mass is 553 g/mol. The third-order valence-electron chi connectivity index (χ3n) is 7.43. The predicted molar refractivity (Wildman–Crippen MR) is 163 cm³/mol. The predicted octanol–water partition coefficient (Wildman–Crippen LogP) is 1.28. The Morgan fingerprint density at radius 1 is 0.805 bits per heavy atom. The molecule has 10 heteroatoms. The van der Waals surface area contributed by atoms with Crippen LogP contribution in [0.1, 0.15) is 33.5 Å². The van der Waals surface area contributed by atoms with Crippen LogP contribution < -0.4 is 32.5 Å². The van der Waals surface area contributed by atoms with Crippen LogP contribution >= 0.6 is 0 Å². The minimum Gasteiger partial charge on any atom is -0.423 e. The van der Waals surface area contributed by atoms with Crippen LogP contribution in [0, 0.1) is 0 Å². The molecule has 212 valence electrons. The molecule has 0 saturated heterocycles. The van der Waals surface area contributed by atoms with Crippen LogP contribution in [-0.2, 0) is 29.1 Å². The van der Waals surface area contributed by atoms with E-state index < -0.39 is 7.12 Å². The number of hydrogen-bond donors (Lipinski definition) is 6. The number of rotatable bonds is 13. The second-order valence-electron chi connectivity index (χ2n) is 10.1. The van der Waals surface area contributed by atoms with Crippen LogP contribution in [0.15, 0.2) is 66.7 Å². The standard InChI is InChI=1S/C31H36BN5O4/c33-12-14-34-15-16-35-18-27-23-5-1-3-7-25(23)28(26-8-4-2-6-24(26)27)19-37-30(38)11-13-36-31(39)21-9-10-22-20-41-32(40)29(22)17-21/h1-10,17,34-35,40H,11-16,18-20,33H2,(H,36,39)(H,37,38). The fourth-order valence-corrected chi connectivity index (χ4v) is 5.33. The number of carbonyl (C=O) groups excluding carboxylic acids is 2. The zero-order valence-electron chi connectivity index (χ0n) is 23.0. The summed E-state index contributed by atoms with van der Waals surface area (Å²) in [6.45, 7) is 4.75. The molecule has 0 spiro atoms. The van der Waals surface area contributed by atoms with Crippen LogP contribution in [0.25, 0.3) is 21.5 Å². The van der Waals surface area contributed by atoms with Gasteiger partial charge in [0.15, 0.2) is 0 Å². The minimum absolute atomic E-state index is 0.146. The first-order valence-corrected chi connectivity index (χ1v) is 14.1. The van der Waals surface area contributed by atoms with Crippen molar-refractivity contribution in [2.75, 3.05) is 32.7 Å². The number of amides is 2. The number of hydrogen-bond acceptors (Lipinski definition) is 7. The topological polar surface area (TPSA) is 138 Å². The van der Waals surface area contributed by atoms with E-state index in [-0.39, 0.29) is 24.8 Å². The first-order valence-electron chi connectivity index (χ1n) is 14.1. The lowest BCUT2D eigenvalue weighted by Gasteiger charge is -2.18. The average Bonchev–Trinajstić information content (AvgIpc) is 3.37. The molecule has 0 bridgehead atoms. The summed E-state index contributed by atoms with van der Waals surface area (Å²) in [6, 6.07) is 21.7. The van der Waals surface area contributed by atoms with E-state index in [1.807, 2.05) is 24.3 Å². The maximum Gasteiger partial charge on any atom is 0.491 e. The number of nitrogens with one attached hydrogen (secondary N) is 4. The first-order chi connectivity index (χ1) is 20.1. The zero-order valence-corrected chi connectivity index (χ0v) is 23.0. The molecule has 9 nitrogen and oxygen atoms in total. The fraction of sp³-hybridized carbons (Fsp3) is 0.290. The van der Waals surface area contributed by atoms with Crippen molar-refractivity contribution in [2.45, 2.75) is 26.1 Å². The Hall–Kier alpha value is -3.80. The van der Waals surface area contributed by atoms with E-state index >= 15 is 0 Å². The van der Waals surface area contributed by atoms with E-state index in [0.717, 1.165) is 58.9 Å². The third kappa shape index (κ3) is 6.75. The molecule has 0 fully saturated rings. The largest absolute Gasteiger partial charge is 0.491 e. The molecule has 1 heterocycles. The van der Waals surface area contributed by atoms with Crippen LogP contribution in [-0.4, -0.2) is 56.7 Å². The molecule has 1 aliphatic rings. The van der Waals surface area contributed by atoms with E-state index in [4.69, 9.17) is 10.4 Å². The van der Waals surface area contributed by atoms with Crippen molar-refractivity contribution in [3.05, 3.63) is 89.0 Å². The Morgan fingerprint density at radius 2 is 1.44 bits per heavy atom. The second-order valence-corrected chi connectivity index (χ2v) is 10.1. The van der Waals surface area contributed by atoms with E-state index in [2.05, 4.69) is 45.5 Å². The van der Waals surface area contributed by atoms with Crippen LogP contribution in [0.3, 0.4) is 0 Å². The van der Waals surface area contributed by atoms with Gasteiger partial charge in [-0.25, -0.2) is 0 Å². The molecule has 5 rings (SSSR count). The highest BCUT2D eigenvalue weighted by atomic mass is 16.5. The summed E-state index contributed by atoms with van der Waals surface area (Å²) in [5.41, 5.74) is 9.76. The normalized spacial score (nSPS) is 12.6. The maximum atomic E-state index is 12.8. The van der Waals surface area contributed by atoms with Gasteiger partial charge in [0.2, 0.25) is 5.91 Å². The number of carbonyl (C=O) groups is 2. The fourth-order valence-electron chi connectivity index (χ4n) is 5.33. The SMILES string of the molecule is NCCNCCNCc1c2ccccc2c(CNC(=O)CCNC(=O)c2ccc3c(c2)B(O)OC3)c2ccccc12. The van der Waals surface area contributed by atoms with Gasteiger partial charge in [-0.2, -0.15) is 0 Å². The van der Waals surface area contributed by atoms with Crippen molar-refractivity contribution in [1.82, 2.24) is 21.3 Å². The third-order valence-corrected chi connectivity index (χ3v) is 7.43. The van der Waals surface area contributed by atoms with Gasteiger partial charge in [0.05, 0.1) is 6.61 Å². The van der Waals surface area contributed by atoms with Gasteiger partial charge in [0, 0.05) is 57.8 Å². The molecule has 0 aromatic heterocycles. The summed E-state index contributed by atoms with van der Waals surface area (Å²) >= 11 is 0. The minimum atomic E-state index is -1.01. The summed E-state index contributed by atoms with van der Waals surface area (Å²) in [5, 5.41) is 27.1. The van der Waals surface area contributed by atoms with Crippen LogP contribution in [0.5, 0.6) is 0 Å². The maximum absolute atomic E-state index is 12.8. The van der Waals surface area contributed by atoms with Crippen molar-refractivity contribution in [1.29, 1.82) is 0 Å². The van der Waals surface area contributed by atoms with Gasteiger partial charge in [-0.15, -0.1) is 0 Å². The Labute approximate surface area is 240 Å². The molecule has 7 N–H and O–H groups in total. The molecule has 0 radical (unpaired) electrons. The van der Waals surface area contributed by atoms with Crippen molar-refractivity contribution in [3.63, 3.8) is 0 Å². The van der Waals surface area contributed by atoms with E-state index in [1.165, 1.54) is 5.56 Å². The molecule has 0 unspecified atom stereocenters. The molecule has 1 aliphatic heterocycles.